The van der Waals surface area contributed by atoms with Crippen LogP contribution in [-0.4, -0.2) is 52.7 Å². The van der Waals surface area contributed by atoms with Crippen LogP contribution in [0.5, 0.6) is 0 Å². The number of pyridine rings is 1. The summed E-state index contributed by atoms with van der Waals surface area (Å²) in [5.41, 5.74) is 1.07. The van der Waals surface area contributed by atoms with Gasteiger partial charge in [0.05, 0.1) is 30.3 Å². The number of aromatic nitrogens is 3. The number of hydrogen-bond donors (Lipinski definition) is 1. The first-order valence-electron chi connectivity index (χ1n) is 8.49. The van der Waals surface area contributed by atoms with Crippen molar-refractivity contribution in [3.8, 4) is 0 Å². The van der Waals surface area contributed by atoms with E-state index in [9.17, 15) is 0 Å². The minimum absolute atomic E-state index is 0.190. The van der Waals surface area contributed by atoms with Gasteiger partial charge in [-0.05, 0) is 25.1 Å². The van der Waals surface area contributed by atoms with Crippen molar-refractivity contribution in [2.75, 3.05) is 38.2 Å². The topological polar surface area (TPSA) is 63.2 Å². The van der Waals surface area contributed by atoms with Gasteiger partial charge in [0.15, 0.2) is 0 Å². The average Bonchev–Trinajstić information content (AvgIpc) is 3.05. The molecule has 3 aromatic heterocycles. The van der Waals surface area contributed by atoms with E-state index < -0.39 is 0 Å². The van der Waals surface area contributed by atoms with Crippen molar-refractivity contribution in [3.63, 3.8) is 0 Å². The van der Waals surface area contributed by atoms with Gasteiger partial charge in [0, 0.05) is 30.7 Å². The molecule has 1 aliphatic rings. The molecule has 25 heavy (non-hydrogen) atoms. The molecule has 0 saturated carbocycles. The predicted molar refractivity (Wildman–Crippen MR) is 100 cm³/mol. The Morgan fingerprint density at radius 1 is 1.24 bits per heavy atom. The molecule has 7 heteroatoms. The van der Waals surface area contributed by atoms with Crippen molar-refractivity contribution in [1.29, 1.82) is 0 Å². The van der Waals surface area contributed by atoms with Crippen LogP contribution in [0.1, 0.15) is 16.6 Å². The Morgan fingerprint density at radius 2 is 2.12 bits per heavy atom. The third-order valence-corrected chi connectivity index (χ3v) is 5.39. The van der Waals surface area contributed by atoms with Crippen LogP contribution < -0.4 is 5.32 Å². The molecule has 6 nitrogen and oxygen atoms in total. The van der Waals surface area contributed by atoms with Crippen LogP contribution in [0.25, 0.3) is 10.2 Å². The van der Waals surface area contributed by atoms with Gasteiger partial charge in [0.1, 0.15) is 17.0 Å². The third-order valence-electron chi connectivity index (χ3n) is 4.43. The van der Waals surface area contributed by atoms with Gasteiger partial charge in [-0.3, -0.25) is 9.88 Å². The highest BCUT2D eigenvalue weighted by atomic mass is 32.1. The summed E-state index contributed by atoms with van der Waals surface area (Å²) in [6.07, 6.45) is 3.49. The molecule has 0 spiro atoms. The second kappa shape index (κ2) is 7.43. The van der Waals surface area contributed by atoms with E-state index in [1.54, 1.807) is 17.7 Å². The summed E-state index contributed by atoms with van der Waals surface area (Å²) in [7, 11) is 0. The number of nitrogens with zero attached hydrogens (tertiary/aromatic N) is 4. The number of nitrogens with one attached hydrogen (secondary N) is 1. The number of fused-ring (bicyclic) bond motifs is 1. The first-order chi connectivity index (χ1) is 12.3. The summed E-state index contributed by atoms with van der Waals surface area (Å²) in [6, 6.07) is 8.42. The second-order valence-electron chi connectivity index (χ2n) is 6.10. The molecule has 1 fully saturated rings. The van der Waals surface area contributed by atoms with Gasteiger partial charge < -0.3 is 10.1 Å². The maximum atomic E-state index is 5.51. The molecule has 130 valence electrons. The molecule has 0 amide bonds. The van der Waals surface area contributed by atoms with Crippen molar-refractivity contribution in [1.82, 2.24) is 19.9 Å². The fraction of sp³-hybridized carbons (Fsp3) is 0.389. The van der Waals surface area contributed by atoms with Crippen LogP contribution in [0.4, 0.5) is 5.82 Å². The maximum absolute atomic E-state index is 5.51. The average molecular weight is 355 g/mol. The number of morpholine rings is 1. The van der Waals surface area contributed by atoms with Gasteiger partial charge in [-0.2, -0.15) is 0 Å². The smallest absolute Gasteiger partial charge is 0.138 e. The Hall–Kier alpha value is -2.09. The quantitative estimate of drug-likeness (QED) is 0.759. The molecule has 1 aliphatic heterocycles. The van der Waals surface area contributed by atoms with Crippen LogP contribution >= 0.6 is 11.3 Å². The first-order valence-corrected chi connectivity index (χ1v) is 9.30. The largest absolute Gasteiger partial charge is 0.379 e. The zero-order valence-electron chi connectivity index (χ0n) is 14.2. The van der Waals surface area contributed by atoms with Crippen molar-refractivity contribution in [2.45, 2.75) is 13.0 Å². The van der Waals surface area contributed by atoms with Gasteiger partial charge >= 0.3 is 0 Å². The van der Waals surface area contributed by atoms with Crippen molar-refractivity contribution < 1.29 is 4.74 Å². The van der Waals surface area contributed by atoms with E-state index in [2.05, 4.69) is 44.2 Å². The molecule has 4 heterocycles. The molecule has 1 unspecified atom stereocenters. The highest BCUT2D eigenvalue weighted by molar-refractivity contribution is 7.18. The molecule has 1 N–H and O–H groups in total. The molecule has 0 aromatic carbocycles. The zero-order chi connectivity index (χ0) is 17.1. The Balaban J connectivity index is 1.57. The Kier molecular flexibility index (Phi) is 4.87. The van der Waals surface area contributed by atoms with Gasteiger partial charge in [-0.15, -0.1) is 11.3 Å². The summed E-state index contributed by atoms with van der Waals surface area (Å²) in [4.78, 5) is 18.1. The monoisotopic (exact) mass is 355 g/mol. The lowest BCUT2D eigenvalue weighted by Crippen LogP contribution is -2.41. The molecule has 3 aromatic rings. The van der Waals surface area contributed by atoms with Gasteiger partial charge in [0.25, 0.3) is 0 Å². The van der Waals surface area contributed by atoms with E-state index in [1.807, 2.05) is 18.3 Å². The van der Waals surface area contributed by atoms with E-state index in [4.69, 9.17) is 4.74 Å². The maximum Gasteiger partial charge on any atom is 0.138 e. The lowest BCUT2D eigenvalue weighted by molar-refractivity contribution is 0.0179. The zero-order valence-corrected chi connectivity index (χ0v) is 15.0. The molecule has 1 saturated heterocycles. The van der Waals surface area contributed by atoms with Gasteiger partial charge in [-0.25, -0.2) is 9.97 Å². The Bertz CT molecular complexity index is 832. The van der Waals surface area contributed by atoms with E-state index in [1.165, 1.54) is 4.88 Å². The first kappa shape index (κ1) is 16.4. The minimum Gasteiger partial charge on any atom is -0.379 e. The molecule has 0 aliphatic carbocycles. The number of hydrogen-bond acceptors (Lipinski definition) is 7. The normalized spacial score (nSPS) is 16.8. The van der Waals surface area contributed by atoms with Gasteiger partial charge in [-0.1, -0.05) is 6.07 Å². The second-order valence-corrected chi connectivity index (χ2v) is 7.33. The third kappa shape index (κ3) is 3.63. The molecular weight excluding hydrogens is 334 g/mol. The van der Waals surface area contributed by atoms with E-state index in [0.717, 1.165) is 54.6 Å². The van der Waals surface area contributed by atoms with Crippen LogP contribution in [0.15, 0.2) is 36.8 Å². The lowest BCUT2D eigenvalue weighted by Gasteiger charge is -2.34. The highest BCUT2D eigenvalue weighted by Gasteiger charge is 2.23. The highest BCUT2D eigenvalue weighted by Crippen LogP contribution is 2.28. The molecule has 0 radical (unpaired) electrons. The SMILES string of the molecule is Cc1cc2c(NCC(c3ccccn3)N3CCOCC3)ncnc2s1. The summed E-state index contributed by atoms with van der Waals surface area (Å²) in [5, 5.41) is 4.62. The summed E-state index contributed by atoms with van der Waals surface area (Å²) >= 11 is 1.69. The van der Waals surface area contributed by atoms with Gasteiger partial charge in [0.2, 0.25) is 0 Å². The summed E-state index contributed by atoms with van der Waals surface area (Å²) in [5.74, 6) is 0.892. The van der Waals surface area contributed by atoms with Crippen molar-refractivity contribution in [2.24, 2.45) is 0 Å². The number of aryl methyl sites for hydroxylation is 1. The molecule has 4 rings (SSSR count). The van der Waals surface area contributed by atoms with Crippen molar-refractivity contribution in [3.05, 3.63) is 47.4 Å². The molecule has 0 bridgehead atoms. The number of rotatable bonds is 5. The van der Waals surface area contributed by atoms with Crippen LogP contribution in [0.2, 0.25) is 0 Å². The van der Waals surface area contributed by atoms with Crippen molar-refractivity contribution >= 4 is 27.4 Å². The minimum atomic E-state index is 0.190. The fourth-order valence-electron chi connectivity index (χ4n) is 3.19. The van der Waals surface area contributed by atoms with E-state index >= 15 is 0 Å². The fourth-order valence-corrected chi connectivity index (χ4v) is 4.04. The predicted octanol–water partition coefficient (Wildman–Crippen LogP) is 2.88. The van der Waals surface area contributed by atoms with Crippen LogP contribution in [-0.2, 0) is 4.74 Å². The number of thiophene rings is 1. The lowest BCUT2D eigenvalue weighted by atomic mass is 10.1. The van der Waals surface area contributed by atoms with E-state index in [-0.39, 0.29) is 6.04 Å². The number of anilines is 1. The summed E-state index contributed by atoms with van der Waals surface area (Å²) < 4.78 is 5.51. The Labute approximate surface area is 150 Å². The van der Waals surface area contributed by atoms with Crippen LogP contribution in [0, 0.1) is 6.92 Å². The Morgan fingerprint density at radius 3 is 2.92 bits per heavy atom. The van der Waals surface area contributed by atoms with Crippen LogP contribution in [0.3, 0.4) is 0 Å². The summed E-state index contributed by atoms with van der Waals surface area (Å²) in [6.45, 7) is 6.22. The number of ether oxygens (including phenoxy) is 1. The van der Waals surface area contributed by atoms with E-state index in [0.29, 0.717) is 0 Å². The molecular formula is C18H21N5OS. The molecule has 1 atom stereocenters. The standard InChI is InChI=1S/C18H21N5OS/c1-13-10-14-17(21-12-22-18(14)25-13)20-11-16(15-4-2-3-5-19-15)23-6-8-24-9-7-23/h2-5,10,12,16H,6-9,11H2,1H3,(H,20,21,22).